The van der Waals surface area contributed by atoms with E-state index in [0.29, 0.717) is 0 Å². The average molecular weight is 548 g/mol. The molecule has 0 saturated heterocycles. The van der Waals surface area contributed by atoms with Gasteiger partial charge in [0.2, 0.25) is 0 Å². The largest absolute Gasteiger partial charge is 0.0726 e. The van der Waals surface area contributed by atoms with Gasteiger partial charge in [-0.1, -0.05) is 111 Å². The van der Waals surface area contributed by atoms with Crippen LogP contribution in [0.25, 0.3) is 43.4 Å². The van der Waals surface area contributed by atoms with Crippen LogP contribution < -0.4 is 0 Å². The summed E-state index contributed by atoms with van der Waals surface area (Å²) in [4.78, 5) is 0. The number of rotatable bonds is 0. The van der Waals surface area contributed by atoms with Crippen molar-refractivity contribution in [1.82, 2.24) is 0 Å². The third-order valence-corrected chi connectivity index (χ3v) is 8.84. The van der Waals surface area contributed by atoms with Crippen molar-refractivity contribution in [3.8, 4) is 11.1 Å². The Balaban J connectivity index is 1.76. The lowest BCUT2D eigenvalue weighted by Crippen LogP contribution is -2.31. The smallest absolute Gasteiger partial charge is 0.0619 e. The van der Waals surface area contributed by atoms with Gasteiger partial charge in [0.05, 0.1) is 5.41 Å². The van der Waals surface area contributed by atoms with Gasteiger partial charge in [-0.25, -0.2) is 0 Å². The normalized spacial score (nSPS) is 14.6. The first-order chi connectivity index (χ1) is 16.2. The van der Waals surface area contributed by atoms with Crippen molar-refractivity contribution in [1.29, 1.82) is 0 Å². The van der Waals surface area contributed by atoms with Gasteiger partial charge < -0.3 is 0 Å². The topological polar surface area (TPSA) is 0 Å². The van der Waals surface area contributed by atoms with E-state index in [2.05, 4.69) is 129 Å². The Kier molecular flexibility index (Phi) is 3.44. The Bertz CT molecular complexity index is 1800. The maximum atomic E-state index is 3.90. The van der Waals surface area contributed by atoms with E-state index in [1.54, 1.807) is 0 Å². The first kappa shape index (κ1) is 18.5. The highest BCUT2D eigenvalue weighted by Gasteiger charge is 2.49. The first-order valence-electron chi connectivity index (χ1n) is 11.2. The van der Waals surface area contributed by atoms with Gasteiger partial charge in [-0.2, -0.15) is 0 Å². The molecule has 0 radical (unpaired) electrons. The van der Waals surface area contributed by atoms with Gasteiger partial charge in [-0.3, -0.25) is 0 Å². The van der Waals surface area contributed by atoms with E-state index in [-0.39, 0.29) is 5.41 Å². The highest BCUT2D eigenvalue weighted by Crippen LogP contribution is 2.62. The summed E-state index contributed by atoms with van der Waals surface area (Å²) < 4.78 is 2.28. The lowest BCUT2D eigenvalue weighted by molar-refractivity contribution is 0.782. The molecule has 0 N–H and O–H groups in total. The second-order valence-electron chi connectivity index (χ2n) is 9.14. The minimum atomic E-state index is -0.350. The maximum Gasteiger partial charge on any atom is 0.0726 e. The molecule has 0 heterocycles. The molecule has 6 aromatic rings. The van der Waals surface area contributed by atoms with Crippen LogP contribution in [0.4, 0.5) is 0 Å². The third kappa shape index (κ3) is 2.04. The molecule has 0 aliphatic heterocycles. The van der Waals surface area contributed by atoms with Crippen LogP contribution in [0.5, 0.6) is 0 Å². The summed E-state index contributed by atoms with van der Waals surface area (Å²) in [5.74, 6) is 0. The molecule has 0 bridgehead atoms. The standard InChI is InChI=1S/C31H16Br2/c32-19-14-17-12-13-18-15-27(33)22-8-5-11-25-30(22)29(18)28(17)26(16-19)31(25)23-9-3-1-6-20(23)21-7-2-4-10-24(21)31/h1-16H. The third-order valence-electron chi connectivity index (χ3n) is 7.73. The molecule has 8 rings (SSSR count). The molecule has 0 atom stereocenters. The molecule has 2 aliphatic carbocycles. The van der Waals surface area contributed by atoms with E-state index < -0.39 is 0 Å². The zero-order valence-electron chi connectivity index (χ0n) is 17.5. The van der Waals surface area contributed by atoms with Gasteiger partial charge in [-0.05, 0) is 83.9 Å². The number of halogens is 2. The van der Waals surface area contributed by atoms with Crippen LogP contribution in [0.1, 0.15) is 22.3 Å². The van der Waals surface area contributed by atoms with Crippen molar-refractivity contribution >= 4 is 64.2 Å². The van der Waals surface area contributed by atoms with Gasteiger partial charge in [0.25, 0.3) is 0 Å². The van der Waals surface area contributed by atoms with Crippen LogP contribution in [0.2, 0.25) is 0 Å². The molecule has 0 amide bonds. The molecule has 1 spiro atoms. The predicted octanol–water partition coefficient (Wildman–Crippen LogP) is 9.35. The summed E-state index contributed by atoms with van der Waals surface area (Å²) in [6, 6.07) is 36.3. The molecule has 0 aromatic heterocycles. The highest BCUT2D eigenvalue weighted by molar-refractivity contribution is 9.11. The number of hydrogen-bond acceptors (Lipinski definition) is 0. The van der Waals surface area contributed by atoms with Crippen molar-refractivity contribution in [2.75, 3.05) is 0 Å². The molecular weight excluding hydrogens is 532 g/mol. The van der Waals surface area contributed by atoms with E-state index in [1.165, 1.54) is 65.7 Å². The Labute approximate surface area is 208 Å². The summed E-state index contributed by atoms with van der Waals surface area (Å²) in [6.45, 7) is 0. The summed E-state index contributed by atoms with van der Waals surface area (Å²) in [7, 11) is 0. The monoisotopic (exact) mass is 546 g/mol. The average Bonchev–Trinajstić information content (AvgIpc) is 3.13. The molecule has 2 aliphatic rings. The SMILES string of the molecule is Brc1cc2c3c(ccc4cc(Br)c5cccc(c5c43)C23c2ccccc2-c2ccccc23)c1. The van der Waals surface area contributed by atoms with Gasteiger partial charge in [0.1, 0.15) is 0 Å². The molecule has 0 nitrogen and oxygen atoms in total. The fraction of sp³-hybridized carbons (Fsp3) is 0.0323. The fourth-order valence-corrected chi connectivity index (χ4v) is 7.69. The zero-order chi connectivity index (χ0) is 21.9. The molecule has 0 fully saturated rings. The van der Waals surface area contributed by atoms with E-state index in [9.17, 15) is 0 Å². The second kappa shape index (κ2) is 6.14. The van der Waals surface area contributed by atoms with Gasteiger partial charge >= 0.3 is 0 Å². The maximum absolute atomic E-state index is 3.90. The van der Waals surface area contributed by atoms with Crippen LogP contribution in [-0.4, -0.2) is 0 Å². The van der Waals surface area contributed by atoms with Crippen LogP contribution in [0.3, 0.4) is 0 Å². The Morgan fingerprint density at radius 2 is 1.12 bits per heavy atom. The predicted molar refractivity (Wildman–Crippen MR) is 145 cm³/mol. The summed E-state index contributed by atoms with van der Waals surface area (Å²) in [5, 5.41) is 7.96. The van der Waals surface area contributed by atoms with Crippen LogP contribution in [0.15, 0.2) is 106 Å². The van der Waals surface area contributed by atoms with Gasteiger partial charge in [-0.15, -0.1) is 0 Å². The molecule has 154 valence electrons. The Morgan fingerprint density at radius 3 is 1.85 bits per heavy atom. The minimum absolute atomic E-state index is 0.350. The minimum Gasteiger partial charge on any atom is -0.0619 e. The van der Waals surface area contributed by atoms with Gasteiger partial charge in [0.15, 0.2) is 0 Å². The van der Waals surface area contributed by atoms with Crippen LogP contribution >= 0.6 is 31.9 Å². The van der Waals surface area contributed by atoms with Crippen molar-refractivity contribution in [2.24, 2.45) is 0 Å². The number of fused-ring (bicyclic) bond motifs is 7. The lowest BCUT2D eigenvalue weighted by Gasteiger charge is -2.39. The molecule has 6 aromatic carbocycles. The Hall–Kier alpha value is -2.94. The van der Waals surface area contributed by atoms with E-state index >= 15 is 0 Å². The summed E-state index contributed by atoms with van der Waals surface area (Å²) in [5.41, 5.74) is 7.82. The van der Waals surface area contributed by atoms with Crippen LogP contribution in [0, 0.1) is 0 Å². The lowest BCUT2D eigenvalue weighted by atomic mass is 9.62. The van der Waals surface area contributed by atoms with Crippen LogP contribution in [-0.2, 0) is 5.41 Å². The van der Waals surface area contributed by atoms with E-state index in [1.807, 2.05) is 0 Å². The zero-order valence-corrected chi connectivity index (χ0v) is 20.7. The van der Waals surface area contributed by atoms with Crippen molar-refractivity contribution < 1.29 is 0 Å². The molecule has 2 heteroatoms. The molecule has 33 heavy (non-hydrogen) atoms. The second-order valence-corrected chi connectivity index (χ2v) is 10.9. The fourth-order valence-electron chi connectivity index (χ4n) is 6.64. The quantitative estimate of drug-likeness (QED) is 0.166. The van der Waals surface area contributed by atoms with Crippen molar-refractivity contribution in [2.45, 2.75) is 5.41 Å². The Morgan fingerprint density at radius 1 is 0.485 bits per heavy atom. The number of benzene rings is 6. The van der Waals surface area contributed by atoms with Gasteiger partial charge in [0, 0.05) is 8.95 Å². The highest BCUT2D eigenvalue weighted by atomic mass is 79.9. The number of hydrogen-bond donors (Lipinski definition) is 0. The molecule has 0 saturated carbocycles. The summed E-state index contributed by atoms with van der Waals surface area (Å²) in [6.07, 6.45) is 0. The molecule has 0 unspecified atom stereocenters. The van der Waals surface area contributed by atoms with Crippen molar-refractivity contribution in [3.05, 3.63) is 128 Å². The first-order valence-corrected chi connectivity index (χ1v) is 12.8. The molecular formula is C31H16Br2. The van der Waals surface area contributed by atoms with Crippen molar-refractivity contribution in [3.63, 3.8) is 0 Å². The van der Waals surface area contributed by atoms with E-state index in [0.717, 1.165) is 8.95 Å². The summed E-state index contributed by atoms with van der Waals surface area (Å²) >= 11 is 7.76. The van der Waals surface area contributed by atoms with E-state index in [4.69, 9.17) is 0 Å².